The van der Waals surface area contributed by atoms with Gasteiger partial charge in [-0.25, -0.2) is 0 Å². The van der Waals surface area contributed by atoms with Gasteiger partial charge in [0.05, 0.1) is 7.11 Å². The first kappa shape index (κ1) is 11.4. The minimum atomic E-state index is 0.273. The van der Waals surface area contributed by atoms with Crippen LogP contribution in [0.5, 0.6) is 17.2 Å². The van der Waals surface area contributed by atoms with Gasteiger partial charge in [0, 0.05) is 12.6 Å². The van der Waals surface area contributed by atoms with E-state index in [2.05, 4.69) is 17.5 Å². The molecule has 1 aliphatic heterocycles. The SMILES string of the molecule is COc1cc(CNC2CC=CC2)cc2c1OCO2. The molecule has 1 heterocycles. The molecule has 1 aromatic carbocycles. The molecule has 18 heavy (non-hydrogen) atoms. The number of hydrogen-bond donors (Lipinski definition) is 1. The van der Waals surface area contributed by atoms with E-state index in [-0.39, 0.29) is 6.79 Å². The minimum absolute atomic E-state index is 0.273. The van der Waals surface area contributed by atoms with Crippen LogP contribution in [0.1, 0.15) is 18.4 Å². The van der Waals surface area contributed by atoms with Crippen molar-refractivity contribution in [1.29, 1.82) is 0 Å². The minimum Gasteiger partial charge on any atom is -0.493 e. The van der Waals surface area contributed by atoms with Gasteiger partial charge in [0.15, 0.2) is 11.5 Å². The number of methoxy groups -OCH3 is 1. The predicted molar refractivity (Wildman–Crippen MR) is 68.1 cm³/mol. The summed E-state index contributed by atoms with van der Waals surface area (Å²) in [7, 11) is 1.65. The first-order valence-electron chi connectivity index (χ1n) is 6.21. The Labute approximate surface area is 107 Å². The molecule has 4 heteroatoms. The number of benzene rings is 1. The van der Waals surface area contributed by atoms with Crippen LogP contribution < -0.4 is 19.5 Å². The average Bonchev–Trinajstić information content (AvgIpc) is 3.06. The van der Waals surface area contributed by atoms with Crippen LogP contribution in [0.2, 0.25) is 0 Å². The maximum Gasteiger partial charge on any atom is 0.231 e. The Bertz CT molecular complexity index is 462. The highest BCUT2D eigenvalue weighted by Crippen LogP contribution is 2.41. The zero-order valence-corrected chi connectivity index (χ0v) is 10.4. The fourth-order valence-electron chi connectivity index (χ4n) is 2.33. The first-order valence-corrected chi connectivity index (χ1v) is 6.21. The third-order valence-corrected chi connectivity index (χ3v) is 3.32. The molecule has 0 bridgehead atoms. The Balaban J connectivity index is 1.72. The molecule has 0 unspecified atom stereocenters. The number of fused-ring (bicyclic) bond motifs is 1. The fourth-order valence-corrected chi connectivity index (χ4v) is 2.33. The van der Waals surface area contributed by atoms with Crippen molar-refractivity contribution in [3.63, 3.8) is 0 Å². The monoisotopic (exact) mass is 247 g/mol. The second kappa shape index (κ2) is 4.90. The van der Waals surface area contributed by atoms with E-state index in [1.54, 1.807) is 7.11 Å². The summed E-state index contributed by atoms with van der Waals surface area (Å²) in [5.74, 6) is 2.23. The van der Waals surface area contributed by atoms with Crippen LogP contribution in [0.25, 0.3) is 0 Å². The second-order valence-corrected chi connectivity index (χ2v) is 4.55. The van der Waals surface area contributed by atoms with Gasteiger partial charge in [-0.15, -0.1) is 0 Å². The lowest BCUT2D eigenvalue weighted by molar-refractivity contribution is 0.171. The molecule has 0 spiro atoms. The van der Waals surface area contributed by atoms with E-state index in [9.17, 15) is 0 Å². The van der Waals surface area contributed by atoms with Crippen molar-refractivity contribution in [3.05, 3.63) is 29.8 Å². The summed E-state index contributed by atoms with van der Waals surface area (Å²) in [6, 6.07) is 4.57. The normalized spacial score (nSPS) is 17.4. The van der Waals surface area contributed by atoms with E-state index in [4.69, 9.17) is 14.2 Å². The van der Waals surface area contributed by atoms with Gasteiger partial charge >= 0.3 is 0 Å². The van der Waals surface area contributed by atoms with E-state index in [0.29, 0.717) is 11.8 Å². The van der Waals surface area contributed by atoms with Crippen LogP contribution in [0.4, 0.5) is 0 Å². The molecule has 0 fully saturated rings. The molecule has 1 N–H and O–H groups in total. The maximum absolute atomic E-state index is 5.41. The summed E-state index contributed by atoms with van der Waals surface area (Å²) in [5, 5.41) is 3.53. The van der Waals surface area contributed by atoms with E-state index in [0.717, 1.165) is 36.4 Å². The van der Waals surface area contributed by atoms with Crippen molar-refractivity contribution in [2.24, 2.45) is 0 Å². The van der Waals surface area contributed by atoms with Gasteiger partial charge in [-0.1, -0.05) is 12.2 Å². The highest BCUT2D eigenvalue weighted by molar-refractivity contribution is 5.55. The summed E-state index contributed by atoms with van der Waals surface area (Å²) in [6.45, 7) is 1.09. The molecular weight excluding hydrogens is 230 g/mol. The molecular formula is C14H17NO3. The predicted octanol–water partition coefficient (Wildman–Crippen LogP) is 2.23. The maximum atomic E-state index is 5.41. The van der Waals surface area contributed by atoms with Crippen LogP contribution in [-0.2, 0) is 6.54 Å². The Hall–Kier alpha value is -1.68. The third-order valence-electron chi connectivity index (χ3n) is 3.32. The molecule has 3 rings (SSSR count). The molecule has 0 amide bonds. The topological polar surface area (TPSA) is 39.7 Å². The Morgan fingerprint density at radius 3 is 2.89 bits per heavy atom. The van der Waals surface area contributed by atoms with E-state index < -0.39 is 0 Å². The quantitative estimate of drug-likeness (QED) is 0.828. The summed E-state index contributed by atoms with van der Waals surface area (Å²) in [6.07, 6.45) is 6.67. The zero-order valence-electron chi connectivity index (χ0n) is 10.4. The molecule has 1 aliphatic carbocycles. The van der Waals surface area contributed by atoms with Gasteiger partial charge in [-0.2, -0.15) is 0 Å². The van der Waals surface area contributed by atoms with Gasteiger partial charge in [0.1, 0.15) is 0 Å². The Morgan fingerprint density at radius 1 is 1.28 bits per heavy atom. The van der Waals surface area contributed by atoms with Crippen LogP contribution in [0.15, 0.2) is 24.3 Å². The number of hydrogen-bond acceptors (Lipinski definition) is 4. The summed E-state index contributed by atoms with van der Waals surface area (Å²) < 4.78 is 16.1. The third kappa shape index (κ3) is 2.16. The fraction of sp³-hybridized carbons (Fsp3) is 0.429. The Kier molecular flexibility index (Phi) is 3.11. The number of ether oxygens (including phenoxy) is 3. The van der Waals surface area contributed by atoms with Crippen molar-refractivity contribution in [2.75, 3.05) is 13.9 Å². The number of rotatable bonds is 4. The standard InChI is InChI=1S/C14H17NO3/c1-16-12-6-10(7-13-14(12)18-9-17-13)8-15-11-4-2-3-5-11/h2-3,6-7,11,15H,4-5,8-9H2,1H3. The highest BCUT2D eigenvalue weighted by atomic mass is 16.7. The van der Waals surface area contributed by atoms with Crippen molar-refractivity contribution < 1.29 is 14.2 Å². The lowest BCUT2D eigenvalue weighted by Crippen LogP contribution is -2.25. The van der Waals surface area contributed by atoms with Gasteiger partial charge in [-0.3, -0.25) is 0 Å². The molecule has 1 aromatic rings. The zero-order chi connectivity index (χ0) is 12.4. The van der Waals surface area contributed by atoms with Crippen LogP contribution >= 0.6 is 0 Å². The molecule has 0 saturated heterocycles. The van der Waals surface area contributed by atoms with Gasteiger partial charge in [0.25, 0.3) is 0 Å². The highest BCUT2D eigenvalue weighted by Gasteiger charge is 2.20. The van der Waals surface area contributed by atoms with Crippen LogP contribution in [0, 0.1) is 0 Å². The first-order chi connectivity index (χ1) is 8.86. The molecule has 0 saturated carbocycles. The van der Waals surface area contributed by atoms with Crippen LogP contribution in [-0.4, -0.2) is 19.9 Å². The van der Waals surface area contributed by atoms with Gasteiger partial charge in [-0.05, 0) is 30.5 Å². The van der Waals surface area contributed by atoms with E-state index >= 15 is 0 Å². The van der Waals surface area contributed by atoms with Crippen LogP contribution in [0.3, 0.4) is 0 Å². The summed E-state index contributed by atoms with van der Waals surface area (Å²) >= 11 is 0. The molecule has 0 radical (unpaired) electrons. The molecule has 96 valence electrons. The van der Waals surface area contributed by atoms with Crippen molar-refractivity contribution in [1.82, 2.24) is 5.32 Å². The molecule has 4 nitrogen and oxygen atoms in total. The van der Waals surface area contributed by atoms with Crippen molar-refractivity contribution in [3.8, 4) is 17.2 Å². The van der Waals surface area contributed by atoms with Crippen molar-refractivity contribution >= 4 is 0 Å². The Morgan fingerprint density at radius 2 is 2.11 bits per heavy atom. The summed E-state index contributed by atoms with van der Waals surface area (Å²) in [4.78, 5) is 0. The van der Waals surface area contributed by atoms with Gasteiger partial charge in [0.2, 0.25) is 12.5 Å². The summed E-state index contributed by atoms with van der Waals surface area (Å²) in [5.41, 5.74) is 1.16. The lowest BCUT2D eigenvalue weighted by Gasteiger charge is -2.13. The average molecular weight is 247 g/mol. The molecule has 0 aromatic heterocycles. The molecule has 2 aliphatic rings. The second-order valence-electron chi connectivity index (χ2n) is 4.55. The smallest absolute Gasteiger partial charge is 0.231 e. The lowest BCUT2D eigenvalue weighted by atomic mass is 10.1. The number of nitrogens with one attached hydrogen (secondary N) is 1. The van der Waals surface area contributed by atoms with Crippen molar-refractivity contribution in [2.45, 2.75) is 25.4 Å². The largest absolute Gasteiger partial charge is 0.493 e. The van der Waals surface area contributed by atoms with Gasteiger partial charge < -0.3 is 19.5 Å². The molecule has 0 atom stereocenters. The van der Waals surface area contributed by atoms with E-state index in [1.807, 2.05) is 12.1 Å². The van der Waals surface area contributed by atoms with E-state index in [1.165, 1.54) is 0 Å².